The van der Waals surface area contributed by atoms with Gasteiger partial charge in [-0.1, -0.05) is 6.07 Å². The molecule has 1 aromatic carbocycles. The first kappa shape index (κ1) is 23.6. The van der Waals surface area contributed by atoms with Crippen molar-refractivity contribution in [2.24, 2.45) is 0 Å². The molecule has 6 nitrogen and oxygen atoms in total. The van der Waals surface area contributed by atoms with Gasteiger partial charge in [-0.2, -0.15) is 13.2 Å². The van der Waals surface area contributed by atoms with E-state index in [1.165, 1.54) is 17.4 Å². The van der Waals surface area contributed by atoms with Gasteiger partial charge in [0.15, 0.2) is 0 Å². The minimum Gasteiger partial charge on any atom is -0.462 e. The molecular weight excluding hydrogens is 455 g/mol. The second kappa shape index (κ2) is 9.72. The van der Waals surface area contributed by atoms with Gasteiger partial charge < -0.3 is 15.0 Å². The number of rotatable bonds is 6. The highest BCUT2D eigenvalue weighted by Gasteiger charge is 2.31. The molecule has 0 unspecified atom stereocenters. The topological polar surface area (TPSA) is 61.9 Å². The second-order valence-electron chi connectivity index (χ2n) is 8.14. The summed E-state index contributed by atoms with van der Waals surface area (Å²) in [6.07, 6.45) is -1.66. The van der Waals surface area contributed by atoms with Gasteiger partial charge in [-0.05, 0) is 49.9 Å². The van der Waals surface area contributed by atoms with Gasteiger partial charge in [0.2, 0.25) is 5.91 Å². The van der Waals surface area contributed by atoms with Crippen LogP contribution in [-0.2, 0) is 28.5 Å². The van der Waals surface area contributed by atoms with E-state index in [2.05, 4.69) is 5.32 Å². The number of nitrogens with zero attached hydrogens (tertiary/aromatic N) is 2. The van der Waals surface area contributed by atoms with Crippen molar-refractivity contribution in [2.45, 2.75) is 32.4 Å². The van der Waals surface area contributed by atoms with E-state index in [0.717, 1.165) is 41.8 Å². The number of halogens is 3. The number of aryl methyl sites for hydroxylation is 1. The Balaban J connectivity index is 1.35. The molecule has 1 saturated heterocycles. The number of anilines is 2. The SMILES string of the molecule is CCOC(=O)c1c(NC(=O)CN2CCN(c3cccc(C(F)(F)F)c3)CC2)sc2c1CCC2. The fraction of sp³-hybridized carbons (Fsp3) is 0.478. The van der Waals surface area contributed by atoms with Crippen LogP contribution in [0.1, 0.15) is 39.7 Å². The molecule has 0 saturated carbocycles. The van der Waals surface area contributed by atoms with Crippen molar-refractivity contribution < 1.29 is 27.5 Å². The normalized spacial score (nSPS) is 16.5. The van der Waals surface area contributed by atoms with Gasteiger partial charge in [0.05, 0.1) is 24.3 Å². The van der Waals surface area contributed by atoms with Crippen LogP contribution >= 0.6 is 11.3 Å². The third-order valence-corrected chi connectivity index (χ3v) is 7.14. The molecule has 0 atom stereocenters. The van der Waals surface area contributed by atoms with Crippen LogP contribution in [0.15, 0.2) is 24.3 Å². The van der Waals surface area contributed by atoms with Gasteiger partial charge in [-0.25, -0.2) is 4.79 Å². The minimum absolute atomic E-state index is 0.154. The zero-order valence-corrected chi connectivity index (χ0v) is 19.2. The van der Waals surface area contributed by atoms with Gasteiger partial charge in [-0.3, -0.25) is 9.69 Å². The molecule has 178 valence electrons. The molecule has 2 heterocycles. The van der Waals surface area contributed by atoms with Crippen LogP contribution in [0.2, 0.25) is 0 Å². The molecule has 0 spiro atoms. The van der Waals surface area contributed by atoms with Crippen LogP contribution in [0, 0.1) is 0 Å². The van der Waals surface area contributed by atoms with E-state index in [1.54, 1.807) is 13.0 Å². The molecule has 0 radical (unpaired) electrons. The number of benzene rings is 1. The fourth-order valence-corrected chi connectivity index (χ4v) is 5.62. The van der Waals surface area contributed by atoms with Crippen LogP contribution < -0.4 is 10.2 Å². The van der Waals surface area contributed by atoms with E-state index < -0.39 is 17.7 Å². The first-order chi connectivity index (χ1) is 15.8. The Morgan fingerprint density at radius 3 is 2.61 bits per heavy atom. The lowest BCUT2D eigenvalue weighted by atomic mass is 10.1. The summed E-state index contributed by atoms with van der Waals surface area (Å²) in [6, 6.07) is 5.31. The summed E-state index contributed by atoms with van der Waals surface area (Å²) >= 11 is 1.44. The van der Waals surface area contributed by atoms with E-state index in [9.17, 15) is 22.8 Å². The predicted octanol–water partition coefficient (Wildman–Crippen LogP) is 4.19. The largest absolute Gasteiger partial charge is 0.462 e. The second-order valence-corrected chi connectivity index (χ2v) is 9.25. The van der Waals surface area contributed by atoms with Gasteiger partial charge in [0, 0.05) is 36.7 Å². The monoisotopic (exact) mass is 481 g/mol. The van der Waals surface area contributed by atoms with Crippen molar-refractivity contribution in [3.63, 3.8) is 0 Å². The van der Waals surface area contributed by atoms with Crippen molar-refractivity contribution in [2.75, 3.05) is 49.5 Å². The molecule has 1 N–H and O–H groups in total. The highest BCUT2D eigenvalue weighted by Crippen LogP contribution is 2.39. The Hall–Kier alpha value is -2.59. The molecule has 1 aromatic heterocycles. The third-order valence-electron chi connectivity index (χ3n) is 5.93. The van der Waals surface area contributed by atoms with E-state index in [-0.39, 0.29) is 19.1 Å². The Kier molecular flexibility index (Phi) is 6.94. The summed E-state index contributed by atoms with van der Waals surface area (Å²) < 4.78 is 44.2. The summed E-state index contributed by atoms with van der Waals surface area (Å²) in [4.78, 5) is 30.2. The number of piperazine rings is 1. The summed E-state index contributed by atoms with van der Waals surface area (Å²) in [5, 5.41) is 3.44. The van der Waals surface area contributed by atoms with Crippen LogP contribution in [0.3, 0.4) is 0 Å². The molecule has 1 aliphatic carbocycles. The number of nitrogens with one attached hydrogen (secondary N) is 1. The molecular formula is C23H26F3N3O3S. The van der Waals surface area contributed by atoms with Crippen molar-refractivity contribution in [1.82, 2.24) is 4.90 Å². The van der Waals surface area contributed by atoms with Crippen molar-refractivity contribution in [1.29, 1.82) is 0 Å². The Labute approximate surface area is 194 Å². The number of carbonyl (C=O) groups is 2. The number of hydrogen-bond donors (Lipinski definition) is 1. The number of thiophene rings is 1. The Morgan fingerprint density at radius 2 is 1.91 bits per heavy atom. The summed E-state index contributed by atoms with van der Waals surface area (Å²) in [7, 11) is 0. The average Bonchev–Trinajstić information content (AvgIpc) is 3.34. The third kappa shape index (κ3) is 5.33. The van der Waals surface area contributed by atoms with E-state index >= 15 is 0 Å². The minimum atomic E-state index is -4.37. The number of amides is 1. The maximum absolute atomic E-state index is 13.0. The average molecular weight is 482 g/mol. The number of alkyl halides is 3. The maximum atomic E-state index is 13.0. The Bertz CT molecular complexity index is 1030. The highest BCUT2D eigenvalue weighted by atomic mass is 32.1. The molecule has 1 aliphatic heterocycles. The molecule has 2 aromatic rings. The van der Waals surface area contributed by atoms with Crippen molar-refractivity contribution in [3.8, 4) is 0 Å². The first-order valence-electron chi connectivity index (χ1n) is 11.0. The van der Waals surface area contributed by atoms with Crippen LogP contribution in [0.4, 0.5) is 23.9 Å². The van der Waals surface area contributed by atoms with Crippen LogP contribution in [-0.4, -0.2) is 56.1 Å². The van der Waals surface area contributed by atoms with E-state index in [0.29, 0.717) is 42.4 Å². The maximum Gasteiger partial charge on any atom is 0.416 e. The van der Waals surface area contributed by atoms with Gasteiger partial charge in [-0.15, -0.1) is 11.3 Å². The lowest BCUT2D eigenvalue weighted by Gasteiger charge is -2.36. The number of hydrogen-bond acceptors (Lipinski definition) is 6. The summed E-state index contributed by atoms with van der Waals surface area (Å²) in [6.45, 7) is 4.33. The zero-order chi connectivity index (χ0) is 23.6. The highest BCUT2D eigenvalue weighted by molar-refractivity contribution is 7.17. The molecule has 33 heavy (non-hydrogen) atoms. The number of esters is 1. The quantitative estimate of drug-likeness (QED) is 0.627. The smallest absolute Gasteiger partial charge is 0.416 e. The lowest BCUT2D eigenvalue weighted by molar-refractivity contribution is -0.137. The van der Waals surface area contributed by atoms with Gasteiger partial charge >= 0.3 is 12.1 Å². The molecule has 2 aliphatic rings. The molecule has 10 heteroatoms. The van der Waals surface area contributed by atoms with Crippen molar-refractivity contribution >= 4 is 33.9 Å². The number of ether oxygens (including phenoxy) is 1. The fourth-order valence-electron chi connectivity index (χ4n) is 4.32. The van der Waals surface area contributed by atoms with E-state index in [4.69, 9.17) is 4.74 Å². The van der Waals surface area contributed by atoms with Crippen molar-refractivity contribution in [3.05, 3.63) is 45.8 Å². The first-order valence-corrected chi connectivity index (χ1v) is 11.8. The molecule has 0 bridgehead atoms. The zero-order valence-electron chi connectivity index (χ0n) is 18.3. The van der Waals surface area contributed by atoms with Gasteiger partial charge in [0.25, 0.3) is 0 Å². The van der Waals surface area contributed by atoms with Gasteiger partial charge in [0.1, 0.15) is 5.00 Å². The van der Waals surface area contributed by atoms with Crippen LogP contribution in [0.5, 0.6) is 0 Å². The summed E-state index contributed by atoms with van der Waals surface area (Å²) in [5.41, 5.74) is 1.34. The van der Waals surface area contributed by atoms with Crippen LogP contribution in [0.25, 0.3) is 0 Å². The number of carbonyl (C=O) groups excluding carboxylic acids is 2. The lowest BCUT2D eigenvalue weighted by Crippen LogP contribution is -2.48. The molecule has 4 rings (SSSR count). The standard InChI is InChI=1S/C23H26F3N3O3S/c1-2-32-22(31)20-17-7-4-8-18(17)33-21(20)27-19(30)14-28-9-11-29(12-10-28)16-6-3-5-15(13-16)23(24,25)26/h3,5-6,13H,2,4,7-12,14H2,1H3,(H,27,30). The number of fused-ring (bicyclic) bond motifs is 1. The van der Waals surface area contributed by atoms with E-state index in [1.807, 2.05) is 9.80 Å². The molecule has 1 fully saturated rings. The Morgan fingerprint density at radius 1 is 1.15 bits per heavy atom. The molecule has 1 amide bonds. The summed E-state index contributed by atoms with van der Waals surface area (Å²) in [5.74, 6) is -0.616. The predicted molar refractivity (Wildman–Crippen MR) is 121 cm³/mol.